The summed E-state index contributed by atoms with van der Waals surface area (Å²) in [6.45, 7) is 5.36. The third-order valence-electron chi connectivity index (χ3n) is 1.62. The molecule has 0 saturated heterocycles. The van der Waals surface area contributed by atoms with Crippen LogP contribution in [-0.2, 0) is 0 Å². The van der Waals surface area contributed by atoms with Crippen LogP contribution in [0.3, 0.4) is 0 Å². The molecule has 0 heterocycles. The maximum absolute atomic E-state index is 12.5. The van der Waals surface area contributed by atoms with Crippen LogP contribution in [0.1, 0.15) is 27.2 Å². The second-order valence-electron chi connectivity index (χ2n) is 2.85. The van der Waals surface area contributed by atoms with Gasteiger partial charge in [-0.1, -0.05) is 29.5 Å². The van der Waals surface area contributed by atoms with Crippen molar-refractivity contribution < 1.29 is 4.39 Å². The molecule has 3 N–H and O–H groups in total. The molecule has 0 aliphatic rings. The lowest BCUT2D eigenvalue weighted by molar-refractivity contribution is 0.249. The molecule has 4 heteroatoms. The molecule has 0 aromatic heterocycles. The van der Waals surface area contributed by atoms with Crippen LogP contribution in [-0.4, -0.2) is 15.9 Å². The Balaban J connectivity index is 3.98. The molecule has 0 aromatic carbocycles. The minimum atomic E-state index is -1.01. The van der Waals surface area contributed by atoms with E-state index in [9.17, 15) is 4.39 Å². The number of nitrogens with one attached hydrogen (secondary N) is 1. The summed E-state index contributed by atoms with van der Waals surface area (Å²) in [6, 6.07) is -0.0127. The summed E-state index contributed by atoms with van der Waals surface area (Å²) in [5.74, 6) is 0. The Morgan fingerprint density at radius 1 is 1.73 bits per heavy atom. The van der Waals surface area contributed by atoms with Crippen LogP contribution < -0.4 is 11.1 Å². The summed E-state index contributed by atoms with van der Waals surface area (Å²) >= 11 is 2.14. The van der Waals surface area contributed by atoms with Gasteiger partial charge in [-0.05, 0) is 20.3 Å². The molecule has 0 aliphatic heterocycles. The fourth-order valence-corrected chi connectivity index (χ4v) is 1.75. The van der Waals surface area contributed by atoms with Gasteiger partial charge in [0.15, 0.2) is 0 Å². The van der Waals surface area contributed by atoms with E-state index in [1.165, 1.54) is 6.92 Å². The Morgan fingerprint density at radius 2 is 2.18 bits per heavy atom. The van der Waals surface area contributed by atoms with Gasteiger partial charge in [-0.3, -0.25) is 5.32 Å². The first kappa shape index (κ1) is 11.6. The van der Waals surface area contributed by atoms with Crippen molar-refractivity contribution >= 4 is 22.6 Å². The average Bonchev–Trinajstić information content (AvgIpc) is 1.83. The maximum Gasteiger partial charge on any atom is 0.149 e. The molecule has 68 valence electrons. The molecular formula is C7H16FIN2. The monoisotopic (exact) mass is 274 g/mol. The zero-order valence-corrected chi connectivity index (χ0v) is 9.35. The summed E-state index contributed by atoms with van der Waals surface area (Å²) < 4.78 is 12.2. The van der Waals surface area contributed by atoms with Gasteiger partial charge in [-0.2, -0.15) is 0 Å². The molecule has 0 saturated carbocycles. The molecule has 0 spiro atoms. The number of hydrogen-bond donors (Lipinski definition) is 2. The SMILES string of the molecule is CCC(N)C(C)(I)NC(C)F. The summed E-state index contributed by atoms with van der Waals surface area (Å²) in [5.41, 5.74) is 5.76. The van der Waals surface area contributed by atoms with Gasteiger partial charge in [0.25, 0.3) is 0 Å². The van der Waals surface area contributed by atoms with Gasteiger partial charge < -0.3 is 5.73 Å². The van der Waals surface area contributed by atoms with Crippen molar-refractivity contribution in [2.24, 2.45) is 5.73 Å². The van der Waals surface area contributed by atoms with Crippen molar-refractivity contribution in [1.82, 2.24) is 5.32 Å². The third-order valence-corrected chi connectivity index (χ3v) is 2.73. The van der Waals surface area contributed by atoms with E-state index in [1.54, 1.807) is 0 Å². The van der Waals surface area contributed by atoms with Crippen LogP contribution in [0.25, 0.3) is 0 Å². The van der Waals surface area contributed by atoms with Gasteiger partial charge in [0.1, 0.15) is 6.30 Å². The molecular weight excluding hydrogens is 258 g/mol. The van der Waals surface area contributed by atoms with Gasteiger partial charge in [0.2, 0.25) is 0 Å². The minimum absolute atomic E-state index is 0.0127. The highest BCUT2D eigenvalue weighted by Crippen LogP contribution is 2.20. The Labute approximate surface area is 81.2 Å². The topological polar surface area (TPSA) is 38.0 Å². The smallest absolute Gasteiger partial charge is 0.149 e. The molecule has 0 bridgehead atoms. The Kier molecular flexibility index (Phi) is 4.81. The van der Waals surface area contributed by atoms with Crippen molar-refractivity contribution in [3.63, 3.8) is 0 Å². The van der Waals surface area contributed by atoms with Crippen LogP contribution in [0, 0.1) is 0 Å². The maximum atomic E-state index is 12.5. The molecule has 3 atom stereocenters. The highest BCUT2D eigenvalue weighted by Gasteiger charge is 2.28. The number of nitrogens with two attached hydrogens (primary N) is 1. The predicted octanol–water partition coefficient (Wildman–Crippen LogP) is 1.78. The summed E-state index contributed by atoms with van der Waals surface area (Å²) in [5, 5.41) is 2.76. The molecule has 0 aromatic rings. The van der Waals surface area contributed by atoms with E-state index in [4.69, 9.17) is 5.73 Å². The molecule has 0 aliphatic carbocycles. The minimum Gasteiger partial charge on any atom is -0.325 e. The second-order valence-corrected chi connectivity index (χ2v) is 5.09. The lowest BCUT2D eigenvalue weighted by Gasteiger charge is -2.30. The molecule has 0 rings (SSSR count). The normalized spacial score (nSPS) is 22.4. The molecule has 0 amide bonds. The quantitative estimate of drug-likeness (QED) is 0.466. The van der Waals surface area contributed by atoms with Crippen LogP contribution in [0.4, 0.5) is 4.39 Å². The van der Waals surface area contributed by atoms with Gasteiger partial charge in [0, 0.05) is 6.04 Å². The number of alkyl halides is 2. The standard InChI is InChI=1S/C7H16FIN2/c1-4-6(10)7(3,9)11-5(2)8/h5-6,11H,4,10H2,1-3H3. The van der Waals surface area contributed by atoms with Crippen molar-refractivity contribution in [3.05, 3.63) is 0 Å². The van der Waals surface area contributed by atoms with Gasteiger partial charge in [-0.25, -0.2) is 4.39 Å². The van der Waals surface area contributed by atoms with E-state index in [1.807, 2.05) is 13.8 Å². The Hall–Kier alpha value is 0.580. The average molecular weight is 274 g/mol. The van der Waals surface area contributed by atoms with E-state index in [0.29, 0.717) is 0 Å². The van der Waals surface area contributed by atoms with E-state index in [2.05, 4.69) is 27.9 Å². The van der Waals surface area contributed by atoms with E-state index in [0.717, 1.165) is 6.42 Å². The molecule has 2 nitrogen and oxygen atoms in total. The summed E-state index contributed by atoms with van der Waals surface area (Å²) in [4.78, 5) is 0. The van der Waals surface area contributed by atoms with Crippen LogP contribution in [0.2, 0.25) is 0 Å². The van der Waals surface area contributed by atoms with E-state index < -0.39 is 6.30 Å². The first-order valence-electron chi connectivity index (χ1n) is 3.76. The fourth-order valence-electron chi connectivity index (χ4n) is 0.879. The van der Waals surface area contributed by atoms with E-state index >= 15 is 0 Å². The van der Waals surface area contributed by atoms with Gasteiger partial charge in [0.05, 0.1) is 3.55 Å². The molecule has 11 heavy (non-hydrogen) atoms. The molecule has 3 unspecified atom stereocenters. The third kappa shape index (κ3) is 4.22. The van der Waals surface area contributed by atoms with Crippen LogP contribution in [0.15, 0.2) is 0 Å². The van der Waals surface area contributed by atoms with Crippen LogP contribution >= 0.6 is 22.6 Å². The fraction of sp³-hybridized carbons (Fsp3) is 1.00. The molecule has 0 fully saturated rings. The highest BCUT2D eigenvalue weighted by molar-refractivity contribution is 14.1. The zero-order valence-electron chi connectivity index (χ0n) is 7.20. The predicted molar refractivity (Wildman–Crippen MR) is 54.4 cm³/mol. The highest BCUT2D eigenvalue weighted by atomic mass is 127. The van der Waals surface area contributed by atoms with Gasteiger partial charge in [-0.15, -0.1) is 0 Å². The Bertz CT molecular complexity index is 117. The first-order valence-corrected chi connectivity index (χ1v) is 4.84. The van der Waals surface area contributed by atoms with Crippen molar-refractivity contribution in [2.45, 2.75) is 43.1 Å². The molecule has 0 radical (unpaired) electrons. The second kappa shape index (κ2) is 4.57. The largest absolute Gasteiger partial charge is 0.325 e. The number of rotatable bonds is 4. The lowest BCUT2D eigenvalue weighted by Crippen LogP contribution is -2.53. The lowest BCUT2D eigenvalue weighted by atomic mass is 10.1. The van der Waals surface area contributed by atoms with Crippen LogP contribution in [0.5, 0.6) is 0 Å². The summed E-state index contributed by atoms with van der Waals surface area (Å²) in [6.07, 6.45) is -0.159. The first-order chi connectivity index (χ1) is 4.90. The van der Waals surface area contributed by atoms with Crippen molar-refractivity contribution in [1.29, 1.82) is 0 Å². The van der Waals surface area contributed by atoms with Crippen molar-refractivity contribution in [3.8, 4) is 0 Å². The number of halogens is 2. The number of hydrogen-bond acceptors (Lipinski definition) is 2. The zero-order chi connectivity index (χ0) is 9.07. The van der Waals surface area contributed by atoms with E-state index in [-0.39, 0.29) is 9.59 Å². The van der Waals surface area contributed by atoms with Crippen molar-refractivity contribution in [2.75, 3.05) is 0 Å². The Morgan fingerprint density at radius 3 is 2.45 bits per heavy atom. The summed E-state index contributed by atoms with van der Waals surface area (Å²) in [7, 11) is 0. The van der Waals surface area contributed by atoms with Gasteiger partial charge >= 0.3 is 0 Å².